The molecule has 2 unspecified atom stereocenters. The summed E-state index contributed by atoms with van der Waals surface area (Å²) < 4.78 is 7.50. The van der Waals surface area contributed by atoms with E-state index in [9.17, 15) is 4.79 Å². The molecule has 3 rings (SSSR count). The van der Waals surface area contributed by atoms with Gasteiger partial charge in [-0.05, 0) is 33.0 Å². The zero-order chi connectivity index (χ0) is 17.1. The Labute approximate surface area is 145 Å². The number of likely N-dealkylation sites (N-methyl/N-ethyl adjacent to an activating group) is 1. The first-order chi connectivity index (χ1) is 11.6. The van der Waals surface area contributed by atoms with Gasteiger partial charge in [-0.25, -0.2) is 0 Å². The Morgan fingerprint density at radius 2 is 1.92 bits per heavy atom. The van der Waals surface area contributed by atoms with Gasteiger partial charge in [0, 0.05) is 57.5 Å². The quantitative estimate of drug-likeness (QED) is 0.823. The molecule has 3 heterocycles. The van der Waals surface area contributed by atoms with E-state index in [1.165, 1.54) is 0 Å². The predicted octanol–water partition coefficient (Wildman–Crippen LogP) is 0.985. The number of amides is 1. The lowest BCUT2D eigenvalue weighted by Gasteiger charge is -2.42. The van der Waals surface area contributed by atoms with Crippen molar-refractivity contribution in [1.29, 1.82) is 0 Å². The van der Waals surface area contributed by atoms with E-state index in [1.54, 1.807) is 0 Å². The number of carbonyl (C=O) groups excluding carboxylic acids is 1. The number of hydrogen-bond acceptors (Lipinski definition) is 4. The highest BCUT2D eigenvalue weighted by molar-refractivity contribution is 5.93. The van der Waals surface area contributed by atoms with Crippen molar-refractivity contribution in [3.8, 4) is 0 Å². The highest BCUT2D eigenvalue weighted by Gasteiger charge is 2.31. The lowest BCUT2D eigenvalue weighted by molar-refractivity contribution is 0.0346. The van der Waals surface area contributed by atoms with Gasteiger partial charge in [0.1, 0.15) is 5.69 Å². The van der Waals surface area contributed by atoms with Crippen molar-refractivity contribution in [2.24, 2.45) is 0 Å². The van der Waals surface area contributed by atoms with E-state index in [0.29, 0.717) is 6.04 Å². The average molecular weight is 334 g/mol. The molecule has 6 heteroatoms. The smallest absolute Gasteiger partial charge is 0.270 e. The maximum Gasteiger partial charge on any atom is 0.270 e. The van der Waals surface area contributed by atoms with Gasteiger partial charge in [0.2, 0.25) is 0 Å². The van der Waals surface area contributed by atoms with Crippen molar-refractivity contribution in [3.05, 3.63) is 24.0 Å². The summed E-state index contributed by atoms with van der Waals surface area (Å²) in [5, 5.41) is 0. The minimum atomic E-state index is 0.162. The zero-order valence-electron chi connectivity index (χ0n) is 15.1. The Morgan fingerprint density at radius 1 is 1.17 bits per heavy atom. The first kappa shape index (κ1) is 17.5. The second-order valence-corrected chi connectivity index (χ2v) is 7.14. The summed E-state index contributed by atoms with van der Waals surface area (Å²) in [6.45, 7) is 11.5. The van der Waals surface area contributed by atoms with E-state index in [2.05, 4.69) is 35.3 Å². The second kappa shape index (κ2) is 7.68. The third kappa shape index (κ3) is 3.82. The Morgan fingerprint density at radius 3 is 2.67 bits per heavy atom. The zero-order valence-corrected chi connectivity index (χ0v) is 15.1. The number of carbonyl (C=O) groups is 1. The molecule has 2 aliphatic heterocycles. The van der Waals surface area contributed by atoms with Crippen molar-refractivity contribution in [3.63, 3.8) is 0 Å². The minimum absolute atomic E-state index is 0.162. The molecule has 1 aromatic heterocycles. The summed E-state index contributed by atoms with van der Waals surface area (Å²) in [5.74, 6) is 0.162. The molecule has 0 saturated carbocycles. The van der Waals surface area contributed by atoms with Crippen LogP contribution in [0.15, 0.2) is 18.3 Å². The fraction of sp³-hybridized carbons (Fsp3) is 0.722. The van der Waals surface area contributed by atoms with E-state index in [0.717, 1.165) is 58.2 Å². The molecule has 1 amide bonds. The summed E-state index contributed by atoms with van der Waals surface area (Å²) in [6.07, 6.45) is 2.03. The number of piperazine rings is 1. The van der Waals surface area contributed by atoms with E-state index in [4.69, 9.17) is 4.74 Å². The van der Waals surface area contributed by atoms with E-state index in [-0.39, 0.29) is 11.9 Å². The van der Waals surface area contributed by atoms with Gasteiger partial charge in [0.15, 0.2) is 0 Å². The first-order valence-electron chi connectivity index (χ1n) is 9.02. The molecule has 6 nitrogen and oxygen atoms in total. The largest absolute Gasteiger partial charge is 0.379 e. The number of hydrogen-bond donors (Lipinski definition) is 0. The lowest BCUT2D eigenvalue weighted by atomic mass is 10.1. The summed E-state index contributed by atoms with van der Waals surface area (Å²) in [7, 11) is 2.13. The molecule has 2 aliphatic rings. The van der Waals surface area contributed by atoms with Crippen molar-refractivity contribution < 1.29 is 9.53 Å². The van der Waals surface area contributed by atoms with Crippen LogP contribution in [0.2, 0.25) is 0 Å². The molecule has 0 bridgehead atoms. The third-order valence-corrected chi connectivity index (χ3v) is 5.37. The van der Waals surface area contributed by atoms with Gasteiger partial charge in [-0.3, -0.25) is 14.6 Å². The molecule has 2 atom stereocenters. The molecule has 0 aliphatic carbocycles. The van der Waals surface area contributed by atoms with Crippen LogP contribution in [0.1, 0.15) is 24.3 Å². The van der Waals surface area contributed by atoms with Gasteiger partial charge in [-0.15, -0.1) is 0 Å². The number of aromatic nitrogens is 1. The van der Waals surface area contributed by atoms with Crippen LogP contribution in [0.3, 0.4) is 0 Å². The molecule has 2 fully saturated rings. The number of nitrogens with zero attached hydrogens (tertiary/aromatic N) is 4. The summed E-state index contributed by atoms with van der Waals surface area (Å²) >= 11 is 0. The van der Waals surface area contributed by atoms with Crippen LogP contribution >= 0.6 is 0 Å². The van der Waals surface area contributed by atoms with Crippen LogP contribution in [-0.4, -0.2) is 90.2 Å². The summed E-state index contributed by atoms with van der Waals surface area (Å²) in [6, 6.07) is 4.59. The van der Waals surface area contributed by atoms with Crippen LogP contribution in [0.4, 0.5) is 0 Å². The van der Waals surface area contributed by atoms with E-state index >= 15 is 0 Å². The van der Waals surface area contributed by atoms with Gasteiger partial charge < -0.3 is 14.2 Å². The van der Waals surface area contributed by atoms with E-state index < -0.39 is 0 Å². The minimum Gasteiger partial charge on any atom is -0.379 e. The molecule has 0 radical (unpaired) electrons. The molecule has 2 saturated heterocycles. The standard InChI is InChI=1S/C18H30N4O2/c1-15-14-22(16(2)13-19(15)3)18(23)17-5-4-6-21(17)8-7-20-9-11-24-12-10-20/h4-6,15-16H,7-14H2,1-3H3. The van der Waals surface area contributed by atoms with Crippen LogP contribution in [0.5, 0.6) is 0 Å². The van der Waals surface area contributed by atoms with Crippen LogP contribution in [0, 0.1) is 0 Å². The number of rotatable bonds is 4. The fourth-order valence-electron chi connectivity index (χ4n) is 3.61. The lowest BCUT2D eigenvalue weighted by Crippen LogP contribution is -2.57. The molecule has 24 heavy (non-hydrogen) atoms. The average Bonchev–Trinajstić information content (AvgIpc) is 3.05. The second-order valence-electron chi connectivity index (χ2n) is 7.14. The van der Waals surface area contributed by atoms with Crippen LogP contribution in [-0.2, 0) is 11.3 Å². The van der Waals surface area contributed by atoms with Crippen molar-refractivity contribution >= 4 is 5.91 Å². The predicted molar refractivity (Wildman–Crippen MR) is 94.3 cm³/mol. The first-order valence-corrected chi connectivity index (χ1v) is 9.02. The molecule has 0 aromatic carbocycles. The van der Waals surface area contributed by atoms with Crippen LogP contribution < -0.4 is 0 Å². The monoisotopic (exact) mass is 334 g/mol. The normalized spacial score (nSPS) is 26.7. The molecular weight excluding hydrogens is 304 g/mol. The van der Waals surface area contributed by atoms with Gasteiger partial charge in [0.25, 0.3) is 5.91 Å². The van der Waals surface area contributed by atoms with Crippen molar-refractivity contribution in [2.45, 2.75) is 32.5 Å². The van der Waals surface area contributed by atoms with Gasteiger partial charge in [-0.1, -0.05) is 0 Å². The Bertz CT molecular complexity index is 553. The van der Waals surface area contributed by atoms with Gasteiger partial charge in [0.05, 0.1) is 13.2 Å². The molecule has 134 valence electrons. The number of ether oxygens (including phenoxy) is 1. The SMILES string of the molecule is CC1CN(C(=O)c2cccn2CCN2CCOCC2)C(C)CN1C. The topological polar surface area (TPSA) is 41.0 Å². The Balaban J connectivity index is 1.64. The van der Waals surface area contributed by atoms with Crippen molar-refractivity contribution in [2.75, 3.05) is 53.0 Å². The Hall–Kier alpha value is -1.37. The summed E-state index contributed by atoms with van der Waals surface area (Å²) in [5.41, 5.74) is 0.812. The van der Waals surface area contributed by atoms with Gasteiger partial charge in [-0.2, -0.15) is 0 Å². The maximum absolute atomic E-state index is 13.0. The van der Waals surface area contributed by atoms with Crippen LogP contribution in [0.25, 0.3) is 0 Å². The third-order valence-electron chi connectivity index (χ3n) is 5.37. The molecule has 0 spiro atoms. The number of morpholine rings is 1. The molecular formula is C18H30N4O2. The molecule has 0 N–H and O–H groups in total. The highest BCUT2D eigenvalue weighted by atomic mass is 16.5. The molecule has 1 aromatic rings. The van der Waals surface area contributed by atoms with Crippen molar-refractivity contribution in [1.82, 2.24) is 19.3 Å². The van der Waals surface area contributed by atoms with E-state index in [1.807, 2.05) is 23.2 Å². The Kier molecular flexibility index (Phi) is 5.58. The fourth-order valence-corrected chi connectivity index (χ4v) is 3.61. The van der Waals surface area contributed by atoms with Gasteiger partial charge >= 0.3 is 0 Å². The summed E-state index contributed by atoms with van der Waals surface area (Å²) in [4.78, 5) is 19.8. The highest BCUT2D eigenvalue weighted by Crippen LogP contribution is 2.17. The maximum atomic E-state index is 13.0.